The molecule has 2 heterocycles. The van der Waals surface area contributed by atoms with Crippen LogP contribution < -0.4 is 5.63 Å². The van der Waals surface area contributed by atoms with E-state index in [0.717, 1.165) is 5.39 Å². The van der Waals surface area contributed by atoms with E-state index in [0.29, 0.717) is 35.4 Å². The van der Waals surface area contributed by atoms with Gasteiger partial charge in [-0.1, -0.05) is 30.3 Å². The van der Waals surface area contributed by atoms with E-state index < -0.39 is 5.63 Å². The zero-order valence-electron chi connectivity index (χ0n) is 13.3. The van der Waals surface area contributed by atoms with Crippen molar-refractivity contribution in [2.45, 2.75) is 0 Å². The molecule has 1 saturated heterocycles. The van der Waals surface area contributed by atoms with Gasteiger partial charge in [0.2, 0.25) is 0 Å². The predicted octanol–water partition coefficient (Wildman–Crippen LogP) is 3.06. The largest absolute Gasteiger partial charge is 0.422 e. The lowest BCUT2D eigenvalue weighted by molar-refractivity contribution is 0.0577. The number of rotatable bonds is 2. The highest BCUT2D eigenvalue weighted by atomic mass is 16.4. The summed E-state index contributed by atoms with van der Waals surface area (Å²) in [6.45, 7) is 0.912. The lowest BCUT2D eigenvalue weighted by atomic mass is 9.99. The molecule has 0 bridgehead atoms. The molecule has 5 heteroatoms. The average molecular weight is 330 g/mol. The zero-order chi connectivity index (χ0) is 17.4. The van der Waals surface area contributed by atoms with Crippen LogP contribution in [-0.4, -0.2) is 23.9 Å². The van der Waals surface area contributed by atoms with E-state index >= 15 is 0 Å². The van der Waals surface area contributed by atoms with Gasteiger partial charge in [0.05, 0.1) is 17.6 Å². The number of nitriles is 1. The fraction of sp³-hybridized carbons (Fsp3) is 0.150. The molecule has 122 valence electrons. The standard InChI is InChI=1S/C20H14N2O3/c21-10-13-11-22(12-13)19(23)16-6-3-5-14(8-16)17-9-15-4-1-2-7-18(15)25-20(17)24/h1-9,13H,11-12H2. The third kappa shape index (κ3) is 2.68. The van der Waals surface area contributed by atoms with Crippen LogP contribution in [0.15, 0.2) is 63.8 Å². The van der Waals surface area contributed by atoms with Crippen molar-refractivity contribution >= 4 is 16.9 Å². The van der Waals surface area contributed by atoms with Gasteiger partial charge in [0.25, 0.3) is 5.91 Å². The Hall–Kier alpha value is -3.39. The molecule has 1 aromatic heterocycles. The first kappa shape index (κ1) is 15.2. The number of nitrogens with zero attached hydrogens (tertiary/aromatic N) is 2. The highest BCUT2D eigenvalue weighted by Gasteiger charge is 2.31. The lowest BCUT2D eigenvalue weighted by Crippen LogP contribution is -2.49. The molecule has 0 N–H and O–H groups in total. The number of carbonyl (C=O) groups excluding carboxylic acids is 1. The highest BCUT2D eigenvalue weighted by molar-refractivity contribution is 5.96. The maximum atomic E-state index is 12.5. The summed E-state index contributed by atoms with van der Waals surface area (Å²) < 4.78 is 5.37. The number of benzene rings is 2. The van der Waals surface area contributed by atoms with Crippen LogP contribution in [0.2, 0.25) is 0 Å². The summed E-state index contributed by atoms with van der Waals surface area (Å²) in [6, 6.07) is 18.2. The number of fused-ring (bicyclic) bond motifs is 1. The van der Waals surface area contributed by atoms with Crippen molar-refractivity contribution < 1.29 is 9.21 Å². The molecular weight excluding hydrogens is 316 g/mol. The van der Waals surface area contributed by atoms with E-state index in [-0.39, 0.29) is 11.8 Å². The van der Waals surface area contributed by atoms with Crippen molar-refractivity contribution in [3.05, 3.63) is 70.6 Å². The van der Waals surface area contributed by atoms with Crippen LogP contribution in [0.1, 0.15) is 10.4 Å². The molecule has 1 fully saturated rings. The number of hydrogen-bond acceptors (Lipinski definition) is 4. The van der Waals surface area contributed by atoms with E-state index in [1.165, 1.54) is 0 Å². The van der Waals surface area contributed by atoms with Crippen molar-refractivity contribution in [3.63, 3.8) is 0 Å². The number of carbonyl (C=O) groups is 1. The summed E-state index contributed by atoms with van der Waals surface area (Å²) in [7, 11) is 0. The van der Waals surface area contributed by atoms with Crippen LogP contribution >= 0.6 is 0 Å². The monoisotopic (exact) mass is 330 g/mol. The second kappa shape index (κ2) is 5.91. The van der Waals surface area contributed by atoms with Crippen LogP contribution in [0.3, 0.4) is 0 Å². The van der Waals surface area contributed by atoms with Gasteiger partial charge in [0.1, 0.15) is 5.58 Å². The molecule has 2 aromatic carbocycles. The summed E-state index contributed by atoms with van der Waals surface area (Å²) >= 11 is 0. The number of amides is 1. The van der Waals surface area contributed by atoms with Gasteiger partial charge in [0, 0.05) is 24.0 Å². The minimum Gasteiger partial charge on any atom is -0.422 e. The molecule has 1 aliphatic rings. The molecule has 3 aromatic rings. The Bertz CT molecular complexity index is 1070. The topological polar surface area (TPSA) is 74.3 Å². The van der Waals surface area contributed by atoms with Crippen molar-refractivity contribution in [3.8, 4) is 17.2 Å². The normalized spacial score (nSPS) is 14.1. The zero-order valence-corrected chi connectivity index (χ0v) is 13.3. The van der Waals surface area contributed by atoms with Gasteiger partial charge < -0.3 is 9.32 Å². The molecule has 0 spiro atoms. The molecule has 0 saturated carbocycles. The fourth-order valence-corrected chi connectivity index (χ4v) is 2.99. The predicted molar refractivity (Wildman–Crippen MR) is 92.9 cm³/mol. The fourth-order valence-electron chi connectivity index (χ4n) is 2.99. The Morgan fingerprint density at radius 1 is 1.12 bits per heavy atom. The Morgan fingerprint density at radius 2 is 1.92 bits per heavy atom. The SMILES string of the molecule is N#CC1CN(C(=O)c2cccc(-c3cc4ccccc4oc3=O)c2)C1. The van der Waals surface area contributed by atoms with E-state index in [1.54, 1.807) is 41.3 Å². The maximum Gasteiger partial charge on any atom is 0.344 e. The smallest absolute Gasteiger partial charge is 0.344 e. The first-order chi connectivity index (χ1) is 12.2. The van der Waals surface area contributed by atoms with Gasteiger partial charge in [0.15, 0.2) is 0 Å². The summed E-state index contributed by atoms with van der Waals surface area (Å²) in [5.74, 6) is -0.210. The third-order valence-electron chi connectivity index (χ3n) is 4.41. The van der Waals surface area contributed by atoms with Gasteiger partial charge in [-0.05, 0) is 29.8 Å². The quantitative estimate of drug-likeness (QED) is 0.677. The number of para-hydroxylation sites is 1. The second-order valence-corrected chi connectivity index (χ2v) is 6.10. The van der Waals surface area contributed by atoms with Gasteiger partial charge in [-0.3, -0.25) is 4.79 Å². The number of likely N-dealkylation sites (tertiary alicyclic amines) is 1. The van der Waals surface area contributed by atoms with Crippen LogP contribution in [0.25, 0.3) is 22.1 Å². The second-order valence-electron chi connectivity index (χ2n) is 6.10. The van der Waals surface area contributed by atoms with Crippen molar-refractivity contribution in [2.24, 2.45) is 5.92 Å². The average Bonchev–Trinajstić information content (AvgIpc) is 2.60. The highest BCUT2D eigenvalue weighted by Crippen LogP contribution is 2.24. The van der Waals surface area contributed by atoms with Crippen molar-refractivity contribution in [2.75, 3.05) is 13.1 Å². The molecule has 5 nitrogen and oxygen atoms in total. The number of hydrogen-bond donors (Lipinski definition) is 0. The summed E-state index contributed by atoms with van der Waals surface area (Å²) in [5, 5.41) is 9.66. The van der Waals surface area contributed by atoms with Gasteiger partial charge in [-0.15, -0.1) is 0 Å². The Kier molecular flexibility index (Phi) is 3.58. The van der Waals surface area contributed by atoms with Crippen molar-refractivity contribution in [1.82, 2.24) is 4.90 Å². The van der Waals surface area contributed by atoms with Crippen LogP contribution in [-0.2, 0) is 0 Å². The minimum atomic E-state index is -0.434. The van der Waals surface area contributed by atoms with Crippen molar-refractivity contribution in [1.29, 1.82) is 5.26 Å². The Balaban J connectivity index is 1.70. The molecule has 0 atom stereocenters. The minimum absolute atomic E-state index is 0.0836. The van der Waals surface area contributed by atoms with E-state index in [4.69, 9.17) is 9.68 Å². The molecule has 1 amide bonds. The summed E-state index contributed by atoms with van der Waals surface area (Å²) in [5.41, 5.74) is 1.67. The third-order valence-corrected chi connectivity index (χ3v) is 4.41. The van der Waals surface area contributed by atoms with Gasteiger partial charge in [-0.25, -0.2) is 4.79 Å². The molecule has 25 heavy (non-hydrogen) atoms. The van der Waals surface area contributed by atoms with Gasteiger partial charge in [-0.2, -0.15) is 5.26 Å². The lowest BCUT2D eigenvalue weighted by Gasteiger charge is -2.35. The van der Waals surface area contributed by atoms with E-state index in [9.17, 15) is 9.59 Å². The maximum absolute atomic E-state index is 12.5. The first-order valence-electron chi connectivity index (χ1n) is 7.98. The Morgan fingerprint density at radius 3 is 2.72 bits per heavy atom. The first-order valence-corrected chi connectivity index (χ1v) is 7.98. The summed E-state index contributed by atoms with van der Waals surface area (Å²) in [6.07, 6.45) is 0. The Labute approximate surface area is 143 Å². The molecular formula is C20H14N2O3. The van der Waals surface area contributed by atoms with Gasteiger partial charge >= 0.3 is 5.63 Å². The molecule has 4 rings (SSSR count). The van der Waals surface area contributed by atoms with E-state index in [1.807, 2.05) is 18.2 Å². The van der Waals surface area contributed by atoms with E-state index in [2.05, 4.69) is 6.07 Å². The molecule has 0 aliphatic carbocycles. The summed E-state index contributed by atoms with van der Waals surface area (Å²) in [4.78, 5) is 26.4. The van der Waals surface area contributed by atoms with Crippen LogP contribution in [0, 0.1) is 17.2 Å². The molecule has 0 radical (unpaired) electrons. The molecule has 1 aliphatic heterocycles. The van der Waals surface area contributed by atoms with Crippen LogP contribution in [0.5, 0.6) is 0 Å². The van der Waals surface area contributed by atoms with Crippen LogP contribution in [0.4, 0.5) is 0 Å². The molecule has 0 unspecified atom stereocenters.